The molecular formula is C11H14O4S. The van der Waals surface area contributed by atoms with E-state index >= 15 is 0 Å². The summed E-state index contributed by atoms with van der Waals surface area (Å²) in [6, 6.07) is 8.18. The zero-order chi connectivity index (χ0) is 11.4. The molecule has 1 aromatic rings. The molecule has 2 rings (SSSR count). The minimum absolute atomic E-state index is 0.193. The first-order chi connectivity index (χ1) is 7.68. The van der Waals surface area contributed by atoms with Crippen LogP contribution in [-0.4, -0.2) is 28.2 Å². The molecule has 1 saturated heterocycles. The minimum atomic E-state index is -3.60. The molecule has 0 amide bonds. The second-order valence-electron chi connectivity index (χ2n) is 3.78. The van der Waals surface area contributed by atoms with Crippen LogP contribution >= 0.6 is 0 Å². The number of rotatable bonds is 4. The van der Waals surface area contributed by atoms with Gasteiger partial charge in [0.15, 0.2) is 0 Å². The molecule has 0 spiro atoms. The van der Waals surface area contributed by atoms with Crippen molar-refractivity contribution in [3.63, 3.8) is 0 Å². The lowest BCUT2D eigenvalue weighted by Gasteiger charge is -2.08. The Labute approximate surface area is 95.3 Å². The average molecular weight is 242 g/mol. The van der Waals surface area contributed by atoms with Crippen molar-refractivity contribution < 1.29 is 17.3 Å². The molecule has 1 aliphatic rings. The predicted molar refractivity (Wildman–Crippen MR) is 58.5 cm³/mol. The summed E-state index contributed by atoms with van der Waals surface area (Å²) in [6.07, 6.45) is 0.865. The van der Waals surface area contributed by atoms with Crippen LogP contribution in [0.25, 0.3) is 0 Å². The SMILES string of the molecule is O=S(=O)(OCC1CCOC1)c1ccccc1. The summed E-state index contributed by atoms with van der Waals surface area (Å²) in [7, 11) is -3.60. The van der Waals surface area contributed by atoms with E-state index in [0.29, 0.717) is 13.2 Å². The monoisotopic (exact) mass is 242 g/mol. The molecule has 1 unspecified atom stereocenters. The van der Waals surface area contributed by atoms with Crippen molar-refractivity contribution in [2.24, 2.45) is 5.92 Å². The molecule has 0 radical (unpaired) electrons. The molecule has 16 heavy (non-hydrogen) atoms. The van der Waals surface area contributed by atoms with Crippen LogP contribution in [0.4, 0.5) is 0 Å². The van der Waals surface area contributed by atoms with E-state index < -0.39 is 10.1 Å². The fourth-order valence-corrected chi connectivity index (χ4v) is 2.55. The average Bonchev–Trinajstić information content (AvgIpc) is 2.81. The first-order valence-electron chi connectivity index (χ1n) is 5.21. The lowest BCUT2D eigenvalue weighted by atomic mass is 10.1. The van der Waals surface area contributed by atoms with Crippen LogP contribution in [0.2, 0.25) is 0 Å². The van der Waals surface area contributed by atoms with Crippen LogP contribution in [0.15, 0.2) is 35.2 Å². The van der Waals surface area contributed by atoms with E-state index in [1.165, 1.54) is 12.1 Å². The minimum Gasteiger partial charge on any atom is -0.381 e. The Balaban J connectivity index is 1.98. The standard InChI is InChI=1S/C11H14O4S/c12-16(13,11-4-2-1-3-5-11)15-9-10-6-7-14-8-10/h1-5,10H,6-9H2. The molecule has 0 aromatic heterocycles. The molecule has 88 valence electrons. The normalized spacial score (nSPS) is 21.1. The summed E-state index contributed by atoms with van der Waals surface area (Å²) in [4.78, 5) is 0.203. The highest BCUT2D eigenvalue weighted by Gasteiger charge is 2.21. The molecule has 5 heteroatoms. The first kappa shape index (κ1) is 11.6. The van der Waals surface area contributed by atoms with Crippen LogP contribution in [-0.2, 0) is 19.0 Å². The molecule has 1 fully saturated rings. The van der Waals surface area contributed by atoms with Crippen molar-refractivity contribution in [3.05, 3.63) is 30.3 Å². The topological polar surface area (TPSA) is 52.6 Å². The van der Waals surface area contributed by atoms with E-state index in [1.54, 1.807) is 18.2 Å². The third kappa shape index (κ3) is 2.81. The van der Waals surface area contributed by atoms with Gasteiger partial charge < -0.3 is 4.74 Å². The van der Waals surface area contributed by atoms with Crippen molar-refractivity contribution in [2.45, 2.75) is 11.3 Å². The summed E-state index contributed by atoms with van der Waals surface area (Å²) >= 11 is 0. The smallest absolute Gasteiger partial charge is 0.296 e. The predicted octanol–water partition coefficient (Wildman–Crippen LogP) is 1.43. The molecule has 1 aromatic carbocycles. The number of hydrogen-bond acceptors (Lipinski definition) is 4. The highest BCUT2D eigenvalue weighted by molar-refractivity contribution is 7.86. The fraction of sp³-hybridized carbons (Fsp3) is 0.455. The lowest BCUT2D eigenvalue weighted by Crippen LogP contribution is -2.14. The third-order valence-corrected chi connectivity index (χ3v) is 3.81. The Kier molecular flexibility index (Phi) is 3.58. The van der Waals surface area contributed by atoms with Gasteiger partial charge in [0.05, 0.1) is 18.1 Å². The van der Waals surface area contributed by atoms with Gasteiger partial charge in [-0.05, 0) is 18.6 Å². The van der Waals surface area contributed by atoms with E-state index in [9.17, 15) is 8.42 Å². The van der Waals surface area contributed by atoms with Gasteiger partial charge in [0, 0.05) is 12.5 Å². The van der Waals surface area contributed by atoms with Crippen LogP contribution in [0, 0.1) is 5.92 Å². The molecule has 0 aliphatic carbocycles. The summed E-state index contributed by atoms with van der Waals surface area (Å²) in [6.45, 7) is 1.49. The Hall–Kier alpha value is -0.910. The maximum absolute atomic E-state index is 11.7. The molecule has 0 N–H and O–H groups in total. The van der Waals surface area contributed by atoms with Gasteiger partial charge in [-0.1, -0.05) is 18.2 Å². The summed E-state index contributed by atoms with van der Waals surface area (Å²) in [5, 5.41) is 0. The van der Waals surface area contributed by atoms with Crippen molar-refractivity contribution in [1.82, 2.24) is 0 Å². The maximum Gasteiger partial charge on any atom is 0.296 e. The third-order valence-electron chi connectivity index (χ3n) is 2.51. The zero-order valence-corrected chi connectivity index (χ0v) is 9.65. The van der Waals surface area contributed by atoms with E-state index in [0.717, 1.165) is 6.42 Å². The fourth-order valence-electron chi connectivity index (χ4n) is 1.56. The van der Waals surface area contributed by atoms with Crippen molar-refractivity contribution in [3.8, 4) is 0 Å². The van der Waals surface area contributed by atoms with Crippen molar-refractivity contribution in [1.29, 1.82) is 0 Å². The van der Waals surface area contributed by atoms with Gasteiger partial charge in [0.25, 0.3) is 10.1 Å². The summed E-state index contributed by atoms with van der Waals surface area (Å²) in [5.74, 6) is 0.193. The summed E-state index contributed by atoms with van der Waals surface area (Å²) in [5.41, 5.74) is 0. The van der Waals surface area contributed by atoms with Gasteiger partial charge in [-0.2, -0.15) is 8.42 Å². The van der Waals surface area contributed by atoms with Crippen LogP contribution in [0.3, 0.4) is 0 Å². The Bertz CT molecular complexity index is 421. The molecule has 0 saturated carbocycles. The first-order valence-corrected chi connectivity index (χ1v) is 6.61. The quantitative estimate of drug-likeness (QED) is 0.749. The molecule has 1 atom stereocenters. The van der Waals surface area contributed by atoms with Gasteiger partial charge in [-0.25, -0.2) is 0 Å². The lowest BCUT2D eigenvalue weighted by molar-refractivity contribution is 0.168. The van der Waals surface area contributed by atoms with E-state index in [1.807, 2.05) is 0 Å². The zero-order valence-electron chi connectivity index (χ0n) is 8.83. The van der Waals surface area contributed by atoms with Crippen LogP contribution in [0.1, 0.15) is 6.42 Å². The Morgan fingerprint density at radius 1 is 1.31 bits per heavy atom. The summed E-state index contributed by atoms with van der Waals surface area (Å²) < 4.78 is 33.6. The molecule has 4 nitrogen and oxygen atoms in total. The molecule has 1 heterocycles. The highest BCUT2D eigenvalue weighted by atomic mass is 32.2. The Morgan fingerprint density at radius 3 is 2.69 bits per heavy atom. The Morgan fingerprint density at radius 2 is 2.06 bits per heavy atom. The van der Waals surface area contributed by atoms with Gasteiger partial charge in [0.2, 0.25) is 0 Å². The van der Waals surface area contributed by atoms with Crippen molar-refractivity contribution in [2.75, 3.05) is 19.8 Å². The number of hydrogen-bond donors (Lipinski definition) is 0. The highest BCUT2D eigenvalue weighted by Crippen LogP contribution is 2.17. The van der Waals surface area contributed by atoms with E-state index in [4.69, 9.17) is 8.92 Å². The molecule has 0 bridgehead atoms. The van der Waals surface area contributed by atoms with Crippen LogP contribution in [0.5, 0.6) is 0 Å². The second kappa shape index (κ2) is 4.95. The van der Waals surface area contributed by atoms with E-state index in [-0.39, 0.29) is 17.4 Å². The van der Waals surface area contributed by atoms with E-state index in [2.05, 4.69) is 0 Å². The molecule has 1 aliphatic heterocycles. The van der Waals surface area contributed by atoms with Gasteiger partial charge >= 0.3 is 0 Å². The van der Waals surface area contributed by atoms with Crippen LogP contribution < -0.4 is 0 Å². The van der Waals surface area contributed by atoms with Gasteiger partial charge in [-0.3, -0.25) is 4.18 Å². The maximum atomic E-state index is 11.7. The van der Waals surface area contributed by atoms with Crippen molar-refractivity contribution >= 4 is 10.1 Å². The van der Waals surface area contributed by atoms with Gasteiger partial charge in [-0.15, -0.1) is 0 Å². The largest absolute Gasteiger partial charge is 0.381 e. The second-order valence-corrected chi connectivity index (χ2v) is 5.40. The number of ether oxygens (including phenoxy) is 1. The number of benzene rings is 1. The molecular weight excluding hydrogens is 228 g/mol. The van der Waals surface area contributed by atoms with Gasteiger partial charge in [0.1, 0.15) is 0 Å².